The number of carbonyl (C=O) groups is 1. The summed E-state index contributed by atoms with van der Waals surface area (Å²) < 4.78 is 49.7. The maximum absolute atomic E-state index is 13.0. The van der Waals surface area contributed by atoms with Crippen molar-refractivity contribution >= 4 is 11.7 Å². The van der Waals surface area contributed by atoms with Crippen molar-refractivity contribution in [3.05, 3.63) is 95.1 Å². The Balaban J connectivity index is 1.23. The van der Waals surface area contributed by atoms with Crippen LogP contribution in [0.2, 0.25) is 0 Å². The topological polar surface area (TPSA) is 99.8 Å². The SMILES string of the molecule is CCOC(=O)CC1(c2ccc(-c3ccc(C4(O)C(C(C)=N)C4C(O)COCc4cccc(C(F)(F)F)c4)cc3)cc2)CC1. The second-order valence-corrected chi connectivity index (χ2v) is 11.7. The van der Waals surface area contributed by atoms with Gasteiger partial charge in [0.2, 0.25) is 0 Å². The molecule has 9 heteroatoms. The molecule has 2 saturated carbocycles. The maximum Gasteiger partial charge on any atom is 0.416 e. The summed E-state index contributed by atoms with van der Waals surface area (Å²) in [5, 5.41) is 30.7. The number of esters is 1. The van der Waals surface area contributed by atoms with Crippen molar-refractivity contribution in [2.75, 3.05) is 13.2 Å². The Morgan fingerprint density at radius 3 is 2.16 bits per heavy atom. The number of hydrogen-bond acceptors (Lipinski definition) is 6. The summed E-state index contributed by atoms with van der Waals surface area (Å²) in [6.45, 7) is 3.43. The molecule has 2 fully saturated rings. The Labute approximate surface area is 249 Å². The molecule has 2 aliphatic carbocycles. The van der Waals surface area contributed by atoms with Crippen LogP contribution in [0.15, 0.2) is 72.8 Å². The molecule has 4 unspecified atom stereocenters. The van der Waals surface area contributed by atoms with Crippen molar-refractivity contribution in [3.63, 3.8) is 0 Å². The lowest BCUT2D eigenvalue weighted by Crippen LogP contribution is -2.23. The molecule has 228 valence electrons. The number of ether oxygens (including phenoxy) is 2. The predicted molar refractivity (Wildman–Crippen MR) is 155 cm³/mol. The average molecular weight is 596 g/mol. The smallest absolute Gasteiger partial charge is 0.416 e. The fraction of sp³-hybridized carbons (Fsp3) is 0.412. The van der Waals surface area contributed by atoms with E-state index in [1.807, 2.05) is 36.4 Å². The van der Waals surface area contributed by atoms with Gasteiger partial charge < -0.3 is 25.1 Å². The van der Waals surface area contributed by atoms with Crippen LogP contribution in [0.3, 0.4) is 0 Å². The van der Waals surface area contributed by atoms with Gasteiger partial charge in [-0.3, -0.25) is 4.79 Å². The predicted octanol–water partition coefficient (Wildman–Crippen LogP) is 6.41. The van der Waals surface area contributed by atoms with Crippen molar-refractivity contribution < 1.29 is 37.7 Å². The minimum absolute atomic E-state index is 0.127. The zero-order chi connectivity index (χ0) is 31.0. The summed E-state index contributed by atoms with van der Waals surface area (Å²) in [5.41, 5.74) is 1.76. The summed E-state index contributed by atoms with van der Waals surface area (Å²) in [7, 11) is 0. The third-order valence-electron chi connectivity index (χ3n) is 8.74. The minimum atomic E-state index is -4.46. The van der Waals surface area contributed by atoms with Crippen LogP contribution >= 0.6 is 0 Å². The van der Waals surface area contributed by atoms with Gasteiger partial charge in [0.1, 0.15) is 5.60 Å². The first-order valence-electron chi connectivity index (χ1n) is 14.5. The monoisotopic (exact) mass is 595 g/mol. The van der Waals surface area contributed by atoms with E-state index in [4.69, 9.17) is 14.9 Å². The van der Waals surface area contributed by atoms with E-state index in [0.717, 1.165) is 41.7 Å². The highest BCUT2D eigenvalue weighted by molar-refractivity contribution is 5.87. The van der Waals surface area contributed by atoms with Crippen molar-refractivity contribution in [2.45, 2.75) is 63.0 Å². The third kappa shape index (κ3) is 6.39. The summed E-state index contributed by atoms with van der Waals surface area (Å²) >= 11 is 0. The fourth-order valence-corrected chi connectivity index (χ4v) is 6.28. The van der Waals surface area contributed by atoms with Gasteiger partial charge in [-0.25, -0.2) is 0 Å². The highest BCUT2D eigenvalue weighted by Crippen LogP contribution is 2.60. The Hall–Kier alpha value is -3.53. The molecule has 0 aliphatic heterocycles. The van der Waals surface area contributed by atoms with E-state index in [-0.39, 0.29) is 30.3 Å². The summed E-state index contributed by atoms with van der Waals surface area (Å²) in [4.78, 5) is 12.0. The molecule has 5 rings (SSSR count). The van der Waals surface area contributed by atoms with Crippen LogP contribution in [0.4, 0.5) is 13.2 Å². The number of benzene rings is 3. The van der Waals surface area contributed by atoms with Crippen LogP contribution < -0.4 is 0 Å². The number of aliphatic hydroxyl groups is 2. The van der Waals surface area contributed by atoms with E-state index >= 15 is 0 Å². The molecule has 3 N–H and O–H groups in total. The Bertz CT molecular complexity index is 1470. The summed E-state index contributed by atoms with van der Waals surface area (Å²) in [6, 6.07) is 20.3. The van der Waals surface area contributed by atoms with E-state index in [1.54, 1.807) is 26.0 Å². The van der Waals surface area contributed by atoms with Gasteiger partial charge in [-0.05, 0) is 66.6 Å². The summed E-state index contributed by atoms with van der Waals surface area (Å²) in [5.74, 6) is -1.48. The van der Waals surface area contributed by atoms with Crippen molar-refractivity contribution in [1.29, 1.82) is 5.41 Å². The Morgan fingerprint density at radius 2 is 1.63 bits per heavy atom. The summed E-state index contributed by atoms with van der Waals surface area (Å²) in [6.07, 6.45) is -3.30. The zero-order valence-electron chi connectivity index (χ0n) is 24.2. The quantitative estimate of drug-likeness (QED) is 0.166. The van der Waals surface area contributed by atoms with Crippen LogP contribution in [0.25, 0.3) is 11.1 Å². The van der Waals surface area contributed by atoms with Gasteiger partial charge in [-0.2, -0.15) is 13.2 Å². The lowest BCUT2D eigenvalue weighted by Gasteiger charge is -2.17. The molecule has 0 radical (unpaired) electrons. The minimum Gasteiger partial charge on any atom is -0.466 e. The number of rotatable bonds is 12. The number of alkyl halides is 3. The van der Waals surface area contributed by atoms with Gasteiger partial charge in [0.15, 0.2) is 0 Å². The highest BCUT2D eigenvalue weighted by atomic mass is 19.4. The molecule has 0 heterocycles. The molecule has 0 bridgehead atoms. The molecule has 2 aliphatic rings. The number of nitrogens with one attached hydrogen (secondary N) is 1. The molecule has 3 aromatic carbocycles. The number of aliphatic hydroxyl groups excluding tert-OH is 1. The first-order chi connectivity index (χ1) is 20.4. The molecule has 6 nitrogen and oxygen atoms in total. The zero-order valence-corrected chi connectivity index (χ0v) is 24.2. The molecule has 0 amide bonds. The van der Waals surface area contributed by atoms with Crippen molar-refractivity contribution in [2.24, 2.45) is 11.8 Å². The number of halogens is 3. The third-order valence-corrected chi connectivity index (χ3v) is 8.74. The molecule has 43 heavy (non-hydrogen) atoms. The normalized spacial score (nSPS) is 23.0. The van der Waals surface area contributed by atoms with E-state index in [1.165, 1.54) is 12.1 Å². The van der Waals surface area contributed by atoms with Crippen molar-refractivity contribution in [3.8, 4) is 11.1 Å². The van der Waals surface area contributed by atoms with Crippen LogP contribution in [0.1, 0.15) is 55.4 Å². The molecular weight excluding hydrogens is 559 g/mol. The Kier molecular flexibility index (Phi) is 8.53. The van der Waals surface area contributed by atoms with Crippen LogP contribution in [-0.2, 0) is 38.1 Å². The van der Waals surface area contributed by atoms with Crippen molar-refractivity contribution in [1.82, 2.24) is 0 Å². The molecule has 0 spiro atoms. The van der Waals surface area contributed by atoms with Gasteiger partial charge >= 0.3 is 12.1 Å². The fourth-order valence-electron chi connectivity index (χ4n) is 6.28. The average Bonchev–Trinajstić information content (AvgIpc) is 3.88. The molecule has 0 aromatic heterocycles. The van der Waals surface area contributed by atoms with E-state index < -0.39 is 35.3 Å². The van der Waals surface area contributed by atoms with Gasteiger partial charge in [0.05, 0.1) is 37.9 Å². The first kappa shape index (κ1) is 30.9. The standard InChI is InChI=1S/C34H36F3NO5/c1-3-43-29(40)18-32(15-16-32)25-11-7-23(8-12-25)24-9-13-26(14-10-24)33(41)30(21(2)38)31(33)28(39)20-42-19-22-5-4-6-27(17-22)34(35,36)37/h4-14,17,28,30-31,38-39,41H,3,15-16,18-20H2,1-2H3. The van der Waals surface area contributed by atoms with Gasteiger partial charge in [0, 0.05) is 23.0 Å². The van der Waals surface area contributed by atoms with Gasteiger partial charge in [0.25, 0.3) is 0 Å². The molecule has 3 aromatic rings. The van der Waals surface area contributed by atoms with E-state index in [0.29, 0.717) is 24.2 Å². The maximum atomic E-state index is 13.0. The van der Waals surface area contributed by atoms with Crippen LogP contribution in [0, 0.1) is 17.2 Å². The molecule has 0 saturated heterocycles. The second kappa shape index (κ2) is 11.9. The lowest BCUT2D eigenvalue weighted by atomic mass is 9.90. The van der Waals surface area contributed by atoms with Gasteiger partial charge in [-0.15, -0.1) is 0 Å². The second-order valence-electron chi connectivity index (χ2n) is 11.7. The first-order valence-corrected chi connectivity index (χ1v) is 14.5. The Morgan fingerprint density at radius 1 is 1.02 bits per heavy atom. The van der Waals surface area contributed by atoms with E-state index in [2.05, 4.69) is 0 Å². The number of hydrogen-bond donors (Lipinski definition) is 3. The largest absolute Gasteiger partial charge is 0.466 e. The molecule has 4 atom stereocenters. The van der Waals surface area contributed by atoms with Crippen LogP contribution in [0.5, 0.6) is 0 Å². The lowest BCUT2D eigenvalue weighted by molar-refractivity contribution is -0.143. The highest BCUT2D eigenvalue weighted by Gasteiger charge is 2.68. The van der Waals surface area contributed by atoms with E-state index in [9.17, 15) is 28.2 Å². The number of carbonyl (C=O) groups excluding carboxylic acids is 1. The van der Waals surface area contributed by atoms with Crippen LogP contribution in [-0.4, -0.2) is 41.2 Å². The van der Waals surface area contributed by atoms with Gasteiger partial charge in [-0.1, -0.05) is 60.7 Å². The molecular formula is C34H36F3NO5.